The normalized spacial score (nSPS) is 11.9. The van der Waals surface area contributed by atoms with Crippen LogP contribution in [0, 0.1) is 0 Å². The third-order valence-corrected chi connectivity index (χ3v) is 10.7. The van der Waals surface area contributed by atoms with Crippen LogP contribution in [-0.2, 0) is 0 Å². The van der Waals surface area contributed by atoms with E-state index in [9.17, 15) is 0 Å². The average Bonchev–Trinajstić information content (AvgIpc) is 4.01. The van der Waals surface area contributed by atoms with E-state index >= 15 is 0 Å². The molecule has 0 saturated carbocycles. The first-order valence-corrected chi connectivity index (χ1v) is 18.6. The summed E-state index contributed by atoms with van der Waals surface area (Å²) >= 11 is 0. The van der Waals surface area contributed by atoms with E-state index in [1.54, 1.807) is 0 Å². The van der Waals surface area contributed by atoms with Gasteiger partial charge in [-0.3, -0.25) is 8.97 Å². The molecule has 0 bridgehead atoms. The minimum atomic E-state index is 0.483. The average molecular weight is 720 g/mol. The molecule has 0 spiro atoms. The molecule has 0 aliphatic rings. The van der Waals surface area contributed by atoms with Crippen LogP contribution < -0.4 is 0 Å². The lowest BCUT2D eigenvalue weighted by molar-refractivity contribution is 0.670. The van der Waals surface area contributed by atoms with Crippen molar-refractivity contribution in [3.8, 4) is 45.5 Å². The Hall–Kier alpha value is -7.84. The van der Waals surface area contributed by atoms with Crippen molar-refractivity contribution in [2.45, 2.75) is 0 Å². The topological polar surface area (TPSA) is 79.0 Å². The SMILES string of the molecule is c1ccc(-c2nc(-c3ccc(-c4cccc5c4oc4ccccc45)cc3)nc(-n3c4c5ccccc5n(-c5ccccc5)c4n4c5ccccc5nc34)n2)cc1. The molecule has 8 nitrogen and oxygen atoms in total. The number of furan rings is 1. The van der Waals surface area contributed by atoms with Crippen molar-refractivity contribution in [1.82, 2.24) is 33.5 Å². The van der Waals surface area contributed by atoms with E-state index in [1.807, 2.05) is 60.7 Å². The molecule has 56 heavy (non-hydrogen) atoms. The molecule has 0 aliphatic heterocycles. The fourth-order valence-corrected chi connectivity index (χ4v) is 8.22. The fraction of sp³-hybridized carbons (Fsp3) is 0. The Morgan fingerprint density at radius 1 is 0.429 bits per heavy atom. The van der Waals surface area contributed by atoms with Gasteiger partial charge in [0, 0.05) is 38.5 Å². The summed E-state index contributed by atoms with van der Waals surface area (Å²) < 4.78 is 13.0. The highest BCUT2D eigenvalue weighted by molar-refractivity contribution is 6.11. The highest BCUT2D eigenvalue weighted by atomic mass is 16.3. The van der Waals surface area contributed by atoms with Crippen LogP contribution in [0.1, 0.15) is 0 Å². The van der Waals surface area contributed by atoms with E-state index in [1.165, 1.54) is 0 Å². The first-order valence-electron chi connectivity index (χ1n) is 18.6. The van der Waals surface area contributed by atoms with E-state index in [0.717, 1.165) is 88.8 Å². The van der Waals surface area contributed by atoms with Gasteiger partial charge in [-0.25, -0.2) is 14.5 Å². The van der Waals surface area contributed by atoms with Gasteiger partial charge in [0.05, 0.1) is 16.6 Å². The molecule has 12 aromatic rings. The summed E-state index contributed by atoms with van der Waals surface area (Å²) in [6.07, 6.45) is 0. The van der Waals surface area contributed by atoms with Gasteiger partial charge in [-0.2, -0.15) is 9.97 Å². The number of imidazole rings is 2. The van der Waals surface area contributed by atoms with Crippen molar-refractivity contribution in [1.29, 1.82) is 0 Å². The zero-order valence-corrected chi connectivity index (χ0v) is 29.8. The second kappa shape index (κ2) is 11.8. The molecule has 262 valence electrons. The zero-order chi connectivity index (χ0) is 36.7. The van der Waals surface area contributed by atoms with E-state index in [2.05, 4.69) is 129 Å². The van der Waals surface area contributed by atoms with Gasteiger partial charge >= 0.3 is 0 Å². The van der Waals surface area contributed by atoms with Crippen molar-refractivity contribution in [2.75, 3.05) is 0 Å². The van der Waals surface area contributed by atoms with E-state index in [4.69, 9.17) is 24.4 Å². The van der Waals surface area contributed by atoms with E-state index in [-0.39, 0.29) is 0 Å². The lowest BCUT2D eigenvalue weighted by Crippen LogP contribution is -2.07. The van der Waals surface area contributed by atoms with Gasteiger partial charge in [0.15, 0.2) is 17.3 Å². The van der Waals surface area contributed by atoms with Gasteiger partial charge in [-0.15, -0.1) is 0 Å². The summed E-state index contributed by atoms with van der Waals surface area (Å²) in [6.45, 7) is 0. The molecule has 5 aromatic heterocycles. The highest BCUT2D eigenvalue weighted by Crippen LogP contribution is 2.39. The van der Waals surface area contributed by atoms with Crippen LogP contribution in [0.5, 0.6) is 0 Å². The summed E-state index contributed by atoms with van der Waals surface area (Å²) in [7, 11) is 0. The Kier molecular flexibility index (Phi) is 6.47. The number of nitrogens with zero attached hydrogens (tertiary/aromatic N) is 7. The molecule has 0 atom stereocenters. The Morgan fingerprint density at radius 2 is 1.05 bits per heavy atom. The monoisotopic (exact) mass is 719 g/mol. The number of hydrogen-bond acceptors (Lipinski definition) is 5. The van der Waals surface area contributed by atoms with Crippen LogP contribution >= 0.6 is 0 Å². The number of aromatic nitrogens is 7. The van der Waals surface area contributed by atoms with Crippen LogP contribution in [0.4, 0.5) is 0 Å². The second-order valence-corrected chi connectivity index (χ2v) is 13.9. The van der Waals surface area contributed by atoms with Crippen molar-refractivity contribution < 1.29 is 4.42 Å². The Labute approximate surface area is 319 Å². The van der Waals surface area contributed by atoms with Gasteiger partial charge in [0.2, 0.25) is 11.7 Å². The molecular formula is C48H29N7O. The third-order valence-electron chi connectivity index (χ3n) is 10.7. The highest BCUT2D eigenvalue weighted by Gasteiger charge is 2.27. The Bertz CT molecular complexity index is 3470. The molecule has 8 heteroatoms. The third kappa shape index (κ3) is 4.47. The predicted molar refractivity (Wildman–Crippen MR) is 223 cm³/mol. The molecule has 5 heterocycles. The van der Waals surface area contributed by atoms with Crippen molar-refractivity contribution in [2.24, 2.45) is 0 Å². The largest absolute Gasteiger partial charge is 0.455 e. The van der Waals surface area contributed by atoms with Gasteiger partial charge in [-0.1, -0.05) is 140 Å². The molecular weight excluding hydrogens is 691 g/mol. The van der Waals surface area contributed by atoms with Crippen LogP contribution in [0.3, 0.4) is 0 Å². The first-order chi connectivity index (χ1) is 27.8. The maximum absolute atomic E-state index is 6.38. The number of hydrogen-bond donors (Lipinski definition) is 0. The van der Waals surface area contributed by atoms with Crippen LogP contribution in [0.2, 0.25) is 0 Å². The molecule has 0 radical (unpaired) electrons. The minimum Gasteiger partial charge on any atom is -0.455 e. The standard InChI is InChI=1S/C48H29N7O/c1-3-14-31(15-4-1)44-50-45(32-28-26-30(27-29-32)34-20-13-21-36-35-18-8-12-25-41(35)56-43(34)36)52-47(51-44)55-42-37-19-7-10-23-39(37)53(33-16-5-2-6-17-33)46(42)54-40-24-11-9-22-38(40)49-48(54)55/h1-29H. The zero-order valence-electron chi connectivity index (χ0n) is 29.8. The number of benzene rings is 7. The lowest BCUT2D eigenvalue weighted by atomic mass is 10.0. The molecule has 0 unspecified atom stereocenters. The van der Waals surface area contributed by atoms with Crippen LogP contribution in [0.15, 0.2) is 180 Å². The number of fused-ring (bicyclic) bond motifs is 10. The molecule has 12 rings (SSSR count). The van der Waals surface area contributed by atoms with Crippen molar-refractivity contribution >= 4 is 60.8 Å². The molecule has 0 amide bonds. The summed E-state index contributed by atoms with van der Waals surface area (Å²) in [5, 5.41) is 3.27. The van der Waals surface area contributed by atoms with Crippen molar-refractivity contribution in [3.05, 3.63) is 176 Å². The summed E-state index contributed by atoms with van der Waals surface area (Å²) in [6, 6.07) is 60.2. The molecule has 0 saturated heterocycles. The molecule has 0 aliphatic carbocycles. The summed E-state index contributed by atoms with van der Waals surface area (Å²) in [5.74, 6) is 2.34. The number of rotatable bonds is 5. The Balaban J connectivity index is 1.11. The van der Waals surface area contributed by atoms with E-state index < -0.39 is 0 Å². The lowest BCUT2D eigenvalue weighted by Gasteiger charge is -2.10. The van der Waals surface area contributed by atoms with Gasteiger partial charge in [-0.05, 0) is 42.0 Å². The maximum atomic E-state index is 6.38. The van der Waals surface area contributed by atoms with Crippen LogP contribution in [0.25, 0.3) is 106 Å². The predicted octanol–water partition coefficient (Wildman–Crippen LogP) is 11.5. The first kappa shape index (κ1) is 30.6. The minimum absolute atomic E-state index is 0.483. The smallest absolute Gasteiger partial charge is 0.241 e. The van der Waals surface area contributed by atoms with Gasteiger partial charge in [0.25, 0.3) is 0 Å². The molecule has 7 aromatic carbocycles. The van der Waals surface area contributed by atoms with Gasteiger partial charge in [0.1, 0.15) is 16.7 Å². The van der Waals surface area contributed by atoms with E-state index in [0.29, 0.717) is 17.6 Å². The summed E-state index contributed by atoms with van der Waals surface area (Å²) in [4.78, 5) is 20.8. The molecule has 0 fully saturated rings. The maximum Gasteiger partial charge on any atom is 0.241 e. The van der Waals surface area contributed by atoms with Gasteiger partial charge < -0.3 is 4.42 Å². The molecule has 0 N–H and O–H groups in total. The Morgan fingerprint density at radius 3 is 1.86 bits per heavy atom. The number of para-hydroxylation sites is 6. The summed E-state index contributed by atoms with van der Waals surface area (Å²) in [5.41, 5.74) is 11.5. The second-order valence-electron chi connectivity index (χ2n) is 13.9. The fourth-order valence-electron chi connectivity index (χ4n) is 8.22. The quantitative estimate of drug-likeness (QED) is 0.177. The van der Waals surface area contributed by atoms with Crippen LogP contribution in [-0.4, -0.2) is 33.5 Å². The van der Waals surface area contributed by atoms with Crippen molar-refractivity contribution in [3.63, 3.8) is 0 Å².